The number of nitrogens with two attached hydrogens (primary N) is 1. The third-order valence-corrected chi connectivity index (χ3v) is 3.69. The van der Waals surface area contributed by atoms with Gasteiger partial charge in [-0.15, -0.1) is 0 Å². The molecular weight excluding hydrogens is 252 g/mol. The number of rotatable bonds is 4. The quantitative estimate of drug-likeness (QED) is 0.880. The van der Waals surface area contributed by atoms with E-state index in [1.165, 1.54) is 0 Å². The van der Waals surface area contributed by atoms with Gasteiger partial charge in [-0.1, -0.05) is 24.3 Å². The molecule has 0 aliphatic carbocycles. The second kappa shape index (κ2) is 6.37. The van der Waals surface area contributed by atoms with E-state index in [1.807, 2.05) is 24.3 Å². The fraction of sp³-hybridized carbons (Fsp3) is 0.562. The van der Waals surface area contributed by atoms with E-state index in [-0.39, 0.29) is 17.6 Å². The van der Waals surface area contributed by atoms with Gasteiger partial charge in [0.15, 0.2) is 0 Å². The van der Waals surface area contributed by atoms with Crippen LogP contribution in [0, 0.1) is 0 Å². The molecule has 0 spiro atoms. The molecule has 4 heteroatoms. The van der Waals surface area contributed by atoms with E-state index in [4.69, 9.17) is 10.5 Å². The van der Waals surface area contributed by atoms with Crippen molar-refractivity contribution in [3.63, 3.8) is 0 Å². The van der Waals surface area contributed by atoms with Crippen molar-refractivity contribution in [2.75, 3.05) is 6.61 Å². The predicted molar refractivity (Wildman–Crippen MR) is 79.2 cm³/mol. The van der Waals surface area contributed by atoms with Gasteiger partial charge in [0, 0.05) is 19.2 Å². The highest BCUT2D eigenvalue weighted by Crippen LogP contribution is 2.23. The number of amides is 1. The van der Waals surface area contributed by atoms with Crippen molar-refractivity contribution < 1.29 is 9.53 Å². The van der Waals surface area contributed by atoms with E-state index in [2.05, 4.69) is 19.2 Å². The third-order valence-electron chi connectivity index (χ3n) is 3.69. The van der Waals surface area contributed by atoms with E-state index in [9.17, 15) is 4.79 Å². The summed E-state index contributed by atoms with van der Waals surface area (Å²) < 4.78 is 5.66. The first-order chi connectivity index (χ1) is 9.48. The first-order valence-corrected chi connectivity index (χ1v) is 7.20. The second-order valence-electron chi connectivity index (χ2n) is 6.06. The Morgan fingerprint density at radius 3 is 2.60 bits per heavy atom. The van der Waals surface area contributed by atoms with Crippen LogP contribution in [0.5, 0.6) is 0 Å². The van der Waals surface area contributed by atoms with E-state index >= 15 is 0 Å². The summed E-state index contributed by atoms with van der Waals surface area (Å²) in [6.07, 6.45) is 2.18. The smallest absolute Gasteiger partial charge is 0.224 e. The predicted octanol–water partition coefficient (Wildman–Crippen LogP) is 1.76. The number of benzene rings is 1. The van der Waals surface area contributed by atoms with Gasteiger partial charge in [-0.3, -0.25) is 4.79 Å². The van der Waals surface area contributed by atoms with E-state index in [0.717, 1.165) is 24.0 Å². The van der Waals surface area contributed by atoms with Gasteiger partial charge in [0.2, 0.25) is 5.91 Å². The van der Waals surface area contributed by atoms with E-state index in [0.29, 0.717) is 19.6 Å². The summed E-state index contributed by atoms with van der Waals surface area (Å²) >= 11 is 0. The first kappa shape index (κ1) is 15.0. The van der Waals surface area contributed by atoms with Crippen LogP contribution in [-0.4, -0.2) is 24.2 Å². The van der Waals surface area contributed by atoms with Crippen molar-refractivity contribution in [1.29, 1.82) is 0 Å². The number of hydrogen-bond acceptors (Lipinski definition) is 3. The van der Waals surface area contributed by atoms with Crippen LogP contribution < -0.4 is 11.1 Å². The molecule has 1 heterocycles. The zero-order valence-electron chi connectivity index (χ0n) is 12.3. The lowest BCUT2D eigenvalue weighted by atomic mass is 9.94. The topological polar surface area (TPSA) is 64.4 Å². The van der Waals surface area contributed by atoms with Crippen LogP contribution in [0.25, 0.3) is 0 Å². The summed E-state index contributed by atoms with van der Waals surface area (Å²) in [6, 6.07) is 8.10. The molecule has 4 nitrogen and oxygen atoms in total. The third kappa shape index (κ3) is 4.32. The van der Waals surface area contributed by atoms with E-state index < -0.39 is 0 Å². The minimum Gasteiger partial charge on any atom is -0.375 e. The van der Waals surface area contributed by atoms with Crippen LogP contribution in [0.2, 0.25) is 0 Å². The molecule has 1 aliphatic rings. The minimum absolute atomic E-state index is 0.0770. The molecule has 1 aromatic carbocycles. The zero-order chi connectivity index (χ0) is 14.6. The molecule has 0 bridgehead atoms. The van der Waals surface area contributed by atoms with Gasteiger partial charge >= 0.3 is 0 Å². The molecule has 1 saturated heterocycles. The first-order valence-electron chi connectivity index (χ1n) is 7.20. The summed E-state index contributed by atoms with van der Waals surface area (Å²) in [7, 11) is 0. The van der Waals surface area contributed by atoms with Gasteiger partial charge in [-0.2, -0.15) is 0 Å². The maximum absolute atomic E-state index is 12.1. The van der Waals surface area contributed by atoms with Gasteiger partial charge in [0.25, 0.3) is 0 Å². The Balaban J connectivity index is 1.85. The molecular formula is C16H24N2O2. The number of carbonyl (C=O) groups excluding carboxylic acids is 1. The van der Waals surface area contributed by atoms with Crippen LogP contribution in [0.1, 0.15) is 37.8 Å². The Morgan fingerprint density at radius 2 is 2.00 bits per heavy atom. The second-order valence-corrected chi connectivity index (χ2v) is 6.06. The van der Waals surface area contributed by atoms with Gasteiger partial charge in [-0.05, 0) is 37.8 Å². The molecule has 1 atom stereocenters. The number of nitrogens with one attached hydrogen (secondary N) is 1. The fourth-order valence-corrected chi connectivity index (χ4v) is 2.61. The van der Waals surface area contributed by atoms with Crippen molar-refractivity contribution in [2.45, 2.75) is 51.3 Å². The summed E-state index contributed by atoms with van der Waals surface area (Å²) in [5, 5.41) is 3.11. The molecule has 1 amide bonds. The molecule has 0 radical (unpaired) electrons. The molecule has 1 fully saturated rings. The lowest BCUT2D eigenvalue weighted by Crippen LogP contribution is -2.46. The summed E-state index contributed by atoms with van der Waals surface area (Å²) in [5.41, 5.74) is 7.52. The molecule has 0 aromatic heterocycles. The van der Waals surface area contributed by atoms with E-state index in [1.54, 1.807) is 0 Å². The monoisotopic (exact) mass is 276 g/mol. The molecule has 3 N–H and O–H groups in total. The lowest BCUT2D eigenvalue weighted by Gasteiger charge is -2.35. The van der Waals surface area contributed by atoms with Crippen LogP contribution in [0.15, 0.2) is 24.3 Å². The molecule has 110 valence electrons. The normalized spacial score (nSPS) is 21.4. The number of carbonyl (C=O) groups is 1. The van der Waals surface area contributed by atoms with Gasteiger partial charge in [0.1, 0.15) is 0 Å². The Bertz CT molecular complexity index is 454. The fourth-order valence-electron chi connectivity index (χ4n) is 2.61. The van der Waals surface area contributed by atoms with Crippen molar-refractivity contribution >= 4 is 5.91 Å². The highest BCUT2D eigenvalue weighted by atomic mass is 16.5. The lowest BCUT2D eigenvalue weighted by molar-refractivity contribution is -0.123. The Morgan fingerprint density at radius 1 is 1.35 bits per heavy atom. The van der Waals surface area contributed by atoms with Crippen LogP contribution in [0.4, 0.5) is 0 Å². The summed E-state index contributed by atoms with van der Waals surface area (Å²) in [4.78, 5) is 12.1. The van der Waals surface area contributed by atoms with Gasteiger partial charge < -0.3 is 15.8 Å². The minimum atomic E-state index is -0.140. The van der Waals surface area contributed by atoms with Crippen LogP contribution in [-0.2, 0) is 22.5 Å². The number of hydrogen-bond donors (Lipinski definition) is 2. The van der Waals surface area contributed by atoms with Crippen LogP contribution in [0.3, 0.4) is 0 Å². The van der Waals surface area contributed by atoms with Crippen LogP contribution >= 0.6 is 0 Å². The van der Waals surface area contributed by atoms with Gasteiger partial charge in [-0.25, -0.2) is 0 Å². The zero-order valence-corrected chi connectivity index (χ0v) is 12.3. The molecule has 0 saturated carbocycles. The highest BCUT2D eigenvalue weighted by molar-refractivity contribution is 5.78. The average Bonchev–Trinajstić information content (AvgIpc) is 2.38. The Hall–Kier alpha value is -1.39. The molecule has 1 aliphatic heterocycles. The standard InChI is InChI=1S/C16H24N2O2/c1-16(2)10-14(7-8-20-16)18-15(19)9-12-3-5-13(11-17)6-4-12/h3-6,14H,7-11,17H2,1-2H3,(H,18,19). The SMILES string of the molecule is CC1(C)CC(NC(=O)Cc2ccc(CN)cc2)CCO1. The molecule has 1 unspecified atom stereocenters. The summed E-state index contributed by atoms with van der Waals surface area (Å²) in [6.45, 7) is 5.38. The van der Waals surface area contributed by atoms with Crippen molar-refractivity contribution in [3.05, 3.63) is 35.4 Å². The Labute approximate surface area is 120 Å². The molecule has 2 rings (SSSR count). The maximum Gasteiger partial charge on any atom is 0.224 e. The molecule has 1 aromatic rings. The number of ether oxygens (including phenoxy) is 1. The highest BCUT2D eigenvalue weighted by Gasteiger charge is 2.29. The van der Waals surface area contributed by atoms with Crippen molar-refractivity contribution in [3.8, 4) is 0 Å². The summed E-state index contributed by atoms with van der Waals surface area (Å²) in [5.74, 6) is 0.0770. The Kier molecular flexibility index (Phi) is 4.78. The largest absolute Gasteiger partial charge is 0.375 e. The average molecular weight is 276 g/mol. The van der Waals surface area contributed by atoms with Crippen molar-refractivity contribution in [1.82, 2.24) is 5.32 Å². The van der Waals surface area contributed by atoms with Crippen molar-refractivity contribution in [2.24, 2.45) is 5.73 Å². The molecule has 20 heavy (non-hydrogen) atoms. The van der Waals surface area contributed by atoms with Gasteiger partial charge in [0.05, 0.1) is 12.0 Å². The maximum atomic E-state index is 12.1.